The van der Waals surface area contributed by atoms with Crippen LogP contribution in [0.3, 0.4) is 0 Å². The zero-order valence-corrected chi connectivity index (χ0v) is 11.9. The molecular formula is C14H19NO3S. The summed E-state index contributed by atoms with van der Waals surface area (Å²) in [6.45, 7) is 2.93. The Morgan fingerprint density at radius 3 is 2.63 bits per heavy atom. The van der Waals surface area contributed by atoms with Crippen LogP contribution in [0.15, 0.2) is 29.2 Å². The molecule has 0 radical (unpaired) electrons. The molecule has 4 nitrogen and oxygen atoms in total. The molecule has 0 aliphatic carbocycles. The molecule has 1 saturated heterocycles. The normalized spacial score (nSPS) is 21.2. The van der Waals surface area contributed by atoms with Crippen LogP contribution >= 0.6 is 0 Å². The van der Waals surface area contributed by atoms with Gasteiger partial charge in [-0.15, -0.1) is 0 Å². The molecule has 0 spiro atoms. The van der Waals surface area contributed by atoms with Crippen molar-refractivity contribution in [2.45, 2.75) is 31.1 Å². The van der Waals surface area contributed by atoms with E-state index in [1.54, 1.807) is 24.3 Å². The summed E-state index contributed by atoms with van der Waals surface area (Å²) < 4.78 is 26.5. The first-order chi connectivity index (χ1) is 9.04. The molecule has 1 aromatic rings. The average molecular weight is 281 g/mol. The Balaban J connectivity index is 2.19. The van der Waals surface area contributed by atoms with Gasteiger partial charge in [-0.05, 0) is 37.8 Å². The van der Waals surface area contributed by atoms with Gasteiger partial charge in [-0.25, -0.2) is 8.42 Å². The van der Waals surface area contributed by atoms with E-state index in [9.17, 15) is 13.2 Å². The third-order valence-electron chi connectivity index (χ3n) is 3.57. The van der Waals surface area contributed by atoms with E-state index in [-0.39, 0.29) is 5.92 Å². The molecule has 0 aromatic heterocycles. The predicted molar refractivity (Wildman–Crippen MR) is 73.3 cm³/mol. The van der Waals surface area contributed by atoms with Gasteiger partial charge in [-0.1, -0.05) is 17.7 Å². The van der Waals surface area contributed by atoms with Gasteiger partial charge in [-0.3, -0.25) is 0 Å². The quantitative estimate of drug-likeness (QED) is 0.793. The van der Waals surface area contributed by atoms with Gasteiger partial charge in [0.15, 0.2) is 0 Å². The van der Waals surface area contributed by atoms with Crippen molar-refractivity contribution in [3.63, 3.8) is 0 Å². The standard InChI is InChI=1S/C14H19NO3S/c1-12-4-6-14(7-5-12)19(17,18)15-9-2-3-13(11-15)8-10-16/h4-7,10,13H,2-3,8-9,11H2,1H3. The number of aldehydes is 1. The molecule has 1 aromatic carbocycles. The molecule has 0 N–H and O–H groups in total. The first-order valence-corrected chi connectivity index (χ1v) is 7.98. The number of piperidine rings is 1. The van der Waals surface area contributed by atoms with Crippen LogP contribution in [-0.4, -0.2) is 32.1 Å². The fourth-order valence-corrected chi connectivity index (χ4v) is 3.99. The lowest BCUT2D eigenvalue weighted by Crippen LogP contribution is -2.39. The summed E-state index contributed by atoms with van der Waals surface area (Å²) in [7, 11) is -3.41. The molecule has 104 valence electrons. The van der Waals surface area contributed by atoms with Crippen LogP contribution in [0, 0.1) is 12.8 Å². The van der Waals surface area contributed by atoms with Crippen molar-refractivity contribution in [3.05, 3.63) is 29.8 Å². The number of sulfonamides is 1. The molecular weight excluding hydrogens is 262 g/mol. The van der Waals surface area contributed by atoms with E-state index in [4.69, 9.17) is 0 Å². The monoisotopic (exact) mass is 281 g/mol. The van der Waals surface area contributed by atoms with Gasteiger partial charge in [0, 0.05) is 19.5 Å². The fourth-order valence-electron chi connectivity index (χ4n) is 2.43. The number of nitrogens with zero attached hydrogens (tertiary/aromatic N) is 1. The van der Waals surface area contributed by atoms with Crippen LogP contribution in [0.1, 0.15) is 24.8 Å². The molecule has 0 saturated carbocycles. The Bertz CT molecular complexity index is 536. The Kier molecular flexibility index (Phi) is 4.37. The Morgan fingerprint density at radius 2 is 2.00 bits per heavy atom. The lowest BCUT2D eigenvalue weighted by Gasteiger charge is -2.31. The number of hydrogen-bond donors (Lipinski definition) is 0. The summed E-state index contributed by atoms with van der Waals surface area (Å²) in [5, 5.41) is 0. The number of rotatable bonds is 4. The maximum absolute atomic E-state index is 12.5. The van der Waals surface area contributed by atoms with E-state index >= 15 is 0 Å². The minimum atomic E-state index is -3.41. The Hall–Kier alpha value is -1.20. The number of aryl methyl sites for hydroxylation is 1. The van der Waals surface area contributed by atoms with Gasteiger partial charge < -0.3 is 4.79 Å². The molecule has 2 rings (SSSR count). The highest BCUT2D eigenvalue weighted by Gasteiger charge is 2.29. The molecule has 1 unspecified atom stereocenters. The van der Waals surface area contributed by atoms with E-state index in [2.05, 4.69) is 0 Å². The van der Waals surface area contributed by atoms with Gasteiger partial charge >= 0.3 is 0 Å². The van der Waals surface area contributed by atoms with Gasteiger partial charge in [0.1, 0.15) is 6.29 Å². The molecule has 1 atom stereocenters. The van der Waals surface area contributed by atoms with Crippen molar-refractivity contribution < 1.29 is 13.2 Å². The molecule has 0 amide bonds. The maximum Gasteiger partial charge on any atom is 0.243 e. The number of carbonyl (C=O) groups is 1. The largest absolute Gasteiger partial charge is 0.303 e. The van der Waals surface area contributed by atoms with Gasteiger partial charge in [-0.2, -0.15) is 4.31 Å². The SMILES string of the molecule is Cc1ccc(S(=O)(=O)N2CCCC(CC=O)C2)cc1. The summed E-state index contributed by atoms with van der Waals surface area (Å²) >= 11 is 0. The molecule has 1 aliphatic rings. The number of hydrogen-bond acceptors (Lipinski definition) is 3. The fraction of sp³-hybridized carbons (Fsp3) is 0.500. The molecule has 5 heteroatoms. The highest BCUT2D eigenvalue weighted by molar-refractivity contribution is 7.89. The molecule has 1 heterocycles. The lowest BCUT2D eigenvalue weighted by atomic mass is 9.97. The van der Waals surface area contributed by atoms with Gasteiger partial charge in [0.25, 0.3) is 0 Å². The number of carbonyl (C=O) groups excluding carboxylic acids is 1. The highest BCUT2D eigenvalue weighted by atomic mass is 32.2. The van der Waals surface area contributed by atoms with Crippen molar-refractivity contribution in [1.29, 1.82) is 0 Å². The van der Waals surface area contributed by atoms with E-state index in [0.717, 1.165) is 24.7 Å². The van der Waals surface area contributed by atoms with Crippen LogP contribution < -0.4 is 0 Å². The van der Waals surface area contributed by atoms with E-state index in [0.29, 0.717) is 24.4 Å². The summed E-state index contributed by atoms with van der Waals surface area (Å²) in [5.74, 6) is 0.159. The van der Waals surface area contributed by atoms with Crippen LogP contribution in [0.5, 0.6) is 0 Å². The van der Waals surface area contributed by atoms with Crippen molar-refractivity contribution in [3.8, 4) is 0 Å². The summed E-state index contributed by atoms with van der Waals surface area (Å²) in [6.07, 6.45) is 3.08. The van der Waals surface area contributed by atoms with Crippen LogP contribution in [-0.2, 0) is 14.8 Å². The van der Waals surface area contributed by atoms with E-state index < -0.39 is 10.0 Å². The first-order valence-electron chi connectivity index (χ1n) is 6.54. The van der Waals surface area contributed by atoms with E-state index in [1.165, 1.54) is 4.31 Å². The predicted octanol–water partition coefficient (Wildman–Crippen LogP) is 1.98. The summed E-state index contributed by atoms with van der Waals surface area (Å²) in [4.78, 5) is 10.9. The first kappa shape index (κ1) is 14.2. The number of benzene rings is 1. The zero-order chi connectivity index (χ0) is 13.9. The summed E-state index contributed by atoms with van der Waals surface area (Å²) in [5.41, 5.74) is 1.04. The van der Waals surface area contributed by atoms with Crippen LogP contribution in [0.4, 0.5) is 0 Å². The second kappa shape index (κ2) is 5.84. The topological polar surface area (TPSA) is 54.5 Å². The minimum Gasteiger partial charge on any atom is -0.303 e. The third kappa shape index (κ3) is 3.22. The third-order valence-corrected chi connectivity index (χ3v) is 5.45. The molecule has 19 heavy (non-hydrogen) atoms. The van der Waals surface area contributed by atoms with Crippen molar-refractivity contribution in [1.82, 2.24) is 4.31 Å². The molecule has 0 bridgehead atoms. The zero-order valence-electron chi connectivity index (χ0n) is 11.1. The Morgan fingerprint density at radius 1 is 1.32 bits per heavy atom. The second-order valence-corrected chi connectivity index (χ2v) is 7.02. The van der Waals surface area contributed by atoms with Crippen LogP contribution in [0.2, 0.25) is 0 Å². The molecule has 1 aliphatic heterocycles. The maximum atomic E-state index is 12.5. The second-order valence-electron chi connectivity index (χ2n) is 5.09. The van der Waals surface area contributed by atoms with Crippen molar-refractivity contribution in [2.75, 3.05) is 13.1 Å². The smallest absolute Gasteiger partial charge is 0.243 e. The van der Waals surface area contributed by atoms with Crippen LogP contribution in [0.25, 0.3) is 0 Å². The highest BCUT2D eigenvalue weighted by Crippen LogP contribution is 2.25. The van der Waals surface area contributed by atoms with Crippen molar-refractivity contribution >= 4 is 16.3 Å². The minimum absolute atomic E-state index is 0.159. The average Bonchev–Trinajstić information content (AvgIpc) is 2.40. The lowest BCUT2D eigenvalue weighted by molar-refractivity contribution is -0.108. The Labute approximate surface area is 114 Å². The van der Waals surface area contributed by atoms with Crippen molar-refractivity contribution in [2.24, 2.45) is 5.92 Å². The van der Waals surface area contributed by atoms with Gasteiger partial charge in [0.05, 0.1) is 4.90 Å². The van der Waals surface area contributed by atoms with Gasteiger partial charge in [0.2, 0.25) is 10.0 Å². The molecule has 1 fully saturated rings. The van der Waals surface area contributed by atoms with E-state index in [1.807, 2.05) is 6.92 Å². The summed E-state index contributed by atoms with van der Waals surface area (Å²) in [6, 6.07) is 6.90.